The van der Waals surface area contributed by atoms with Gasteiger partial charge in [-0.2, -0.15) is 4.98 Å². The van der Waals surface area contributed by atoms with Crippen LogP contribution in [0.3, 0.4) is 0 Å². The van der Waals surface area contributed by atoms with Crippen LogP contribution in [-0.2, 0) is 4.79 Å². The fourth-order valence-corrected chi connectivity index (χ4v) is 2.80. The molecule has 0 saturated heterocycles. The van der Waals surface area contributed by atoms with Gasteiger partial charge in [0.15, 0.2) is 0 Å². The smallest absolute Gasteiger partial charge is 0.308 e. The topological polar surface area (TPSA) is 101 Å². The van der Waals surface area contributed by atoms with Gasteiger partial charge in [0.2, 0.25) is 11.1 Å². The van der Waals surface area contributed by atoms with Gasteiger partial charge in [-0.1, -0.05) is 30.0 Å². The van der Waals surface area contributed by atoms with Crippen LogP contribution in [-0.4, -0.2) is 37.3 Å². The maximum atomic E-state index is 11.9. The fourth-order valence-electron chi connectivity index (χ4n) is 2.19. The number of rotatable bonds is 4. The minimum Gasteiger partial charge on any atom is -0.308 e. The quantitative estimate of drug-likeness (QED) is 0.695. The van der Waals surface area contributed by atoms with E-state index in [9.17, 15) is 9.59 Å². The predicted octanol–water partition coefficient (Wildman–Crippen LogP) is 2.18. The van der Waals surface area contributed by atoms with Crippen LogP contribution in [0.25, 0.3) is 5.78 Å². The van der Waals surface area contributed by atoms with Crippen molar-refractivity contribution < 1.29 is 9.59 Å². The molecular weight excluding hydrogens is 340 g/mol. The second-order valence-corrected chi connectivity index (χ2v) is 6.24. The van der Waals surface area contributed by atoms with Gasteiger partial charge in [0.1, 0.15) is 0 Å². The maximum absolute atomic E-state index is 11.9. The highest BCUT2D eigenvalue weighted by atomic mass is 32.2. The van der Waals surface area contributed by atoms with Gasteiger partial charge in [-0.05, 0) is 32.0 Å². The lowest BCUT2D eigenvalue weighted by molar-refractivity contribution is -0.117. The summed E-state index contributed by atoms with van der Waals surface area (Å²) in [4.78, 5) is 32.2. The summed E-state index contributed by atoms with van der Waals surface area (Å²) in [6, 6.07) is 10.2. The molecule has 0 aliphatic rings. The molecule has 0 atom stereocenters. The first-order chi connectivity index (χ1) is 12.0. The molecule has 0 saturated carbocycles. The third-order valence-corrected chi connectivity index (χ3v) is 4.05. The Balaban J connectivity index is 1.55. The van der Waals surface area contributed by atoms with Crippen LogP contribution < -0.4 is 10.6 Å². The summed E-state index contributed by atoms with van der Waals surface area (Å²) in [5, 5.41) is 9.57. The molecule has 0 bridgehead atoms. The van der Waals surface area contributed by atoms with Crippen LogP contribution in [0.4, 0.5) is 10.5 Å². The Morgan fingerprint density at radius 3 is 2.68 bits per heavy atom. The lowest BCUT2D eigenvalue weighted by Crippen LogP contribution is -2.35. The molecule has 2 heterocycles. The van der Waals surface area contributed by atoms with Gasteiger partial charge >= 0.3 is 6.03 Å². The maximum Gasteiger partial charge on any atom is 0.325 e. The van der Waals surface area contributed by atoms with Gasteiger partial charge in [0.05, 0.1) is 5.75 Å². The fraction of sp³-hybridized carbons (Fsp3) is 0.188. The molecule has 8 nitrogen and oxygen atoms in total. The van der Waals surface area contributed by atoms with Gasteiger partial charge in [0.25, 0.3) is 5.78 Å². The molecule has 0 unspecified atom stereocenters. The first-order valence-electron chi connectivity index (χ1n) is 7.51. The molecule has 0 fully saturated rings. The van der Waals surface area contributed by atoms with Crippen molar-refractivity contribution in [3.8, 4) is 0 Å². The van der Waals surface area contributed by atoms with Crippen molar-refractivity contribution in [1.82, 2.24) is 24.9 Å². The zero-order chi connectivity index (χ0) is 17.8. The van der Waals surface area contributed by atoms with Crippen molar-refractivity contribution in [2.45, 2.75) is 19.0 Å². The monoisotopic (exact) mass is 356 g/mol. The second-order valence-electron chi connectivity index (χ2n) is 5.30. The summed E-state index contributed by atoms with van der Waals surface area (Å²) in [6.07, 6.45) is 0. The number of nitrogens with zero attached hydrogens (tertiary/aromatic N) is 4. The molecule has 0 aliphatic carbocycles. The summed E-state index contributed by atoms with van der Waals surface area (Å²) in [5.74, 6) is 0.0808. The molecule has 2 aromatic heterocycles. The summed E-state index contributed by atoms with van der Waals surface area (Å²) in [7, 11) is 0. The number of amides is 3. The van der Waals surface area contributed by atoms with Gasteiger partial charge in [-0.25, -0.2) is 14.3 Å². The Morgan fingerprint density at radius 1 is 1.16 bits per heavy atom. The molecule has 0 aliphatic heterocycles. The SMILES string of the molecule is Cc1cc(C)n2nc(SCC(=O)NC(=O)Nc3ccccc3)nc2n1. The van der Waals surface area contributed by atoms with E-state index in [2.05, 4.69) is 25.7 Å². The van der Waals surface area contributed by atoms with E-state index in [-0.39, 0.29) is 5.75 Å². The van der Waals surface area contributed by atoms with Crippen molar-refractivity contribution in [2.24, 2.45) is 0 Å². The molecule has 3 rings (SSSR count). The number of anilines is 1. The minimum atomic E-state index is -0.576. The van der Waals surface area contributed by atoms with Gasteiger partial charge in [-0.15, -0.1) is 5.10 Å². The van der Waals surface area contributed by atoms with E-state index in [4.69, 9.17) is 0 Å². The van der Waals surface area contributed by atoms with Crippen LogP contribution in [0.15, 0.2) is 41.6 Å². The zero-order valence-electron chi connectivity index (χ0n) is 13.7. The Morgan fingerprint density at radius 2 is 1.92 bits per heavy atom. The number of thioether (sulfide) groups is 1. The normalized spacial score (nSPS) is 10.6. The van der Waals surface area contributed by atoms with Crippen molar-refractivity contribution in [3.63, 3.8) is 0 Å². The van der Waals surface area contributed by atoms with Gasteiger partial charge in [0, 0.05) is 17.1 Å². The molecule has 25 heavy (non-hydrogen) atoms. The van der Waals surface area contributed by atoms with Crippen molar-refractivity contribution in [1.29, 1.82) is 0 Å². The van der Waals surface area contributed by atoms with E-state index in [1.54, 1.807) is 28.8 Å². The van der Waals surface area contributed by atoms with Crippen LogP contribution in [0, 0.1) is 13.8 Å². The van der Waals surface area contributed by atoms with E-state index in [1.165, 1.54) is 0 Å². The van der Waals surface area contributed by atoms with E-state index < -0.39 is 11.9 Å². The first-order valence-corrected chi connectivity index (χ1v) is 8.49. The van der Waals surface area contributed by atoms with Gasteiger partial charge < -0.3 is 5.32 Å². The van der Waals surface area contributed by atoms with E-state index in [0.29, 0.717) is 16.6 Å². The molecule has 0 spiro atoms. The largest absolute Gasteiger partial charge is 0.325 e. The van der Waals surface area contributed by atoms with Crippen LogP contribution in [0.2, 0.25) is 0 Å². The number of benzene rings is 1. The molecule has 3 aromatic rings. The van der Waals surface area contributed by atoms with Crippen molar-refractivity contribution in [3.05, 3.63) is 47.8 Å². The molecule has 3 amide bonds. The highest BCUT2D eigenvalue weighted by Gasteiger charge is 2.12. The van der Waals surface area contributed by atoms with Crippen LogP contribution >= 0.6 is 11.8 Å². The Bertz CT molecular complexity index is 925. The van der Waals surface area contributed by atoms with Crippen molar-refractivity contribution >= 4 is 35.2 Å². The molecule has 128 valence electrons. The lowest BCUT2D eigenvalue weighted by Gasteiger charge is -2.05. The summed E-state index contributed by atoms with van der Waals surface area (Å²) in [6.45, 7) is 3.79. The first kappa shape index (κ1) is 16.9. The third-order valence-electron chi connectivity index (χ3n) is 3.22. The minimum absolute atomic E-state index is 0.0249. The summed E-state index contributed by atoms with van der Waals surface area (Å²) >= 11 is 1.14. The Labute approximate surface area is 148 Å². The number of hydrogen-bond acceptors (Lipinski definition) is 6. The molecule has 1 aromatic carbocycles. The van der Waals surface area contributed by atoms with Crippen LogP contribution in [0.5, 0.6) is 0 Å². The Kier molecular flexibility index (Phi) is 4.94. The third kappa shape index (κ3) is 4.32. The number of urea groups is 1. The van der Waals surface area contributed by atoms with E-state index in [1.807, 2.05) is 26.0 Å². The molecule has 9 heteroatoms. The lowest BCUT2D eigenvalue weighted by atomic mass is 10.3. The standard InChI is InChI=1S/C16H16N6O2S/c1-10-8-11(2)22-14(17-10)20-16(21-22)25-9-13(23)19-15(24)18-12-6-4-3-5-7-12/h3-8H,9H2,1-2H3,(H2,18,19,23,24). The number of imide groups is 1. The molecule has 0 radical (unpaired) electrons. The highest BCUT2D eigenvalue weighted by molar-refractivity contribution is 7.99. The second kappa shape index (κ2) is 7.31. The predicted molar refractivity (Wildman–Crippen MR) is 94.6 cm³/mol. The zero-order valence-corrected chi connectivity index (χ0v) is 14.5. The molecular formula is C16H16N6O2S. The Hall–Kier alpha value is -2.94. The van der Waals surface area contributed by atoms with E-state index in [0.717, 1.165) is 23.1 Å². The molecule has 2 N–H and O–H groups in total. The number of aryl methyl sites for hydroxylation is 2. The number of fused-ring (bicyclic) bond motifs is 1. The number of hydrogen-bond donors (Lipinski definition) is 2. The average Bonchev–Trinajstić information content (AvgIpc) is 2.97. The van der Waals surface area contributed by atoms with Crippen LogP contribution in [0.1, 0.15) is 11.4 Å². The van der Waals surface area contributed by atoms with Crippen molar-refractivity contribution in [2.75, 3.05) is 11.1 Å². The number of carbonyl (C=O) groups excluding carboxylic acids is 2. The highest BCUT2D eigenvalue weighted by Crippen LogP contribution is 2.15. The average molecular weight is 356 g/mol. The number of aromatic nitrogens is 4. The number of nitrogens with one attached hydrogen (secondary N) is 2. The number of para-hydroxylation sites is 1. The summed E-state index contributed by atoms with van der Waals surface area (Å²) in [5.41, 5.74) is 2.37. The van der Waals surface area contributed by atoms with E-state index >= 15 is 0 Å². The van der Waals surface area contributed by atoms with Gasteiger partial charge in [-0.3, -0.25) is 10.1 Å². The summed E-state index contributed by atoms with van der Waals surface area (Å²) < 4.78 is 1.62. The number of carbonyl (C=O) groups is 2.